The molecule has 0 aromatic carbocycles. The molecule has 8 heteroatoms. The van der Waals surface area contributed by atoms with Crippen molar-refractivity contribution in [3.63, 3.8) is 0 Å². The standard InChI is InChI=1S/C23H29FN4O3/c1-4-6-15-31-22(29)28(20-11-10-19(26-27-20)17(3)30-5-2)16-23(12-8-13-23)21-18(24)9-7-14-25-21/h7,9-11,14H,3-6,8,12-13,15-16H2,1-2H3. The Bertz CT molecular complexity index is 900. The maximum atomic E-state index is 14.6. The van der Waals surface area contributed by atoms with E-state index in [0.717, 1.165) is 32.1 Å². The van der Waals surface area contributed by atoms with Crippen molar-refractivity contribution in [2.75, 3.05) is 24.7 Å². The zero-order valence-electron chi connectivity index (χ0n) is 18.1. The number of hydrogen-bond donors (Lipinski definition) is 0. The van der Waals surface area contributed by atoms with Crippen molar-refractivity contribution in [1.29, 1.82) is 0 Å². The lowest BCUT2D eigenvalue weighted by atomic mass is 9.66. The van der Waals surface area contributed by atoms with Gasteiger partial charge in [0.05, 0.1) is 18.9 Å². The van der Waals surface area contributed by atoms with E-state index in [1.165, 1.54) is 11.0 Å². The van der Waals surface area contributed by atoms with Gasteiger partial charge in [0.25, 0.3) is 0 Å². The van der Waals surface area contributed by atoms with E-state index >= 15 is 0 Å². The third kappa shape index (κ3) is 5.18. The first-order valence-corrected chi connectivity index (χ1v) is 10.7. The van der Waals surface area contributed by atoms with Crippen LogP contribution in [0.5, 0.6) is 0 Å². The highest BCUT2D eigenvalue weighted by Crippen LogP contribution is 2.45. The van der Waals surface area contributed by atoms with Gasteiger partial charge in [-0.3, -0.25) is 9.88 Å². The molecule has 2 aromatic rings. The summed E-state index contributed by atoms with van der Waals surface area (Å²) in [7, 11) is 0. The third-order valence-corrected chi connectivity index (χ3v) is 5.51. The minimum absolute atomic E-state index is 0.215. The van der Waals surface area contributed by atoms with E-state index in [9.17, 15) is 9.18 Å². The lowest BCUT2D eigenvalue weighted by Gasteiger charge is -2.43. The van der Waals surface area contributed by atoms with Gasteiger partial charge in [-0.2, -0.15) is 0 Å². The van der Waals surface area contributed by atoms with Crippen LogP contribution in [-0.4, -0.2) is 41.0 Å². The molecular weight excluding hydrogens is 399 g/mol. The molecule has 0 radical (unpaired) electrons. The largest absolute Gasteiger partial charge is 0.492 e. The average Bonchev–Trinajstić information content (AvgIpc) is 2.75. The number of amides is 1. The van der Waals surface area contributed by atoms with Crippen LogP contribution in [0.15, 0.2) is 37.0 Å². The van der Waals surface area contributed by atoms with Crippen molar-refractivity contribution >= 4 is 17.7 Å². The van der Waals surface area contributed by atoms with E-state index < -0.39 is 11.5 Å². The Kier molecular flexibility index (Phi) is 7.55. The second kappa shape index (κ2) is 10.3. The summed E-state index contributed by atoms with van der Waals surface area (Å²) in [6.07, 6.45) is 5.12. The topological polar surface area (TPSA) is 77.4 Å². The van der Waals surface area contributed by atoms with Gasteiger partial charge >= 0.3 is 6.09 Å². The molecule has 0 aliphatic heterocycles. The van der Waals surface area contributed by atoms with Gasteiger partial charge < -0.3 is 9.47 Å². The SMILES string of the molecule is C=C(OCC)c1ccc(N(CC2(c3ncccc3F)CCC2)C(=O)OCCCC)nn1. The van der Waals surface area contributed by atoms with Crippen LogP contribution in [0.3, 0.4) is 0 Å². The van der Waals surface area contributed by atoms with E-state index in [-0.39, 0.29) is 12.4 Å². The van der Waals surface area contributed by atoms with Crippen molar-refractivity contribution in [2.45, 2.75) is 51.4 Å². The van der Waals surface area contributed by atoms with Crippen molar-refractivity contribution in [1.82, 2.24) is 15.2 Å². The van der Waals surface area contributed by atoms with E-state index in [2.05, 4.69) is 21.8 Å². The van der Waals surface area contributed by atoms with Crippen molar-refractivity contribution < 1.29 is 18.7 Å². The van der Waals surface area contributed by atoms with E-state index in [1.54, 1.807) is 24.4 Å². The molecule has 1 saturated carbocycles. The fourth-order valence-electron chi connectivity index (χ4n) is 3.64. The fourth-order valence-corrected chi connectivity index (χ4v) is 3.64. The predicted octanol–water partition coefficient (Wildman–Crippen LogP) is 4.88. The number of nitrogens with zero attached hydrogens (tertiary/aromatic N) is 4. The Labute approximate surface area is 182 Å². The second-order valence-corrected chi connectivity index (χ2v) is 7.65. The summed E-state index contributed by atoms with van der Waals surface area (Å²) in [5, 5.41) is 8.36. The molecule has 0 atom stereocenters. The molecule has 1 fully saturated rings. The highest BCUT2D eigenvalue weighted by Gasteiger charge is 2.45. The summed E-state index contributed by atoms with van der Waals surface area (Å²) in [5.41, 5.74) is 0.283. The zero-order valence-corrected chi connectivity index (χ0v) is 18.1. The molecule has 0 saturated heterocycles. The van der Waals surface area contributed by atoms with Gasteiger partial charge in [0.1, 0.15) is 17.3 Å². The summed E-state index contributed by atoms with van der Waals surface area (Å²) in [5.74, 6) is 0.373. The fraction of sp³-hybridized carbons (Fsp3) is 0.478. The van der Waals surface area contributed by atoms with E-state index in [1.807, 2.05) is 13.8 Å². The monoisotopic (exact) mass is 428 g/mol. The van der Waals surface area contributed by atoms with Gasteiger partial charge in [0, 0.05) is 18.2 Å². The van der Waals surface area contributed by atoms with Gasteiger partial charge in [-0.25, -0.2) is 9.18 Å². The Hall–Kier alpha value is -3.03. The predicted molar refractivity (Wildman–Crippen MR) is 116 cm³/mol. The van der Waals surface area contributed by atoms with Crippen LogP contribution < -0.4 is 4.90 Å². The van der Waals surface area contributed by atoms with Gasteiger partial charge in [-0.15, -0.1) is 10.2 Å². The molecule has 1 aliphatic rings. The van der Waals surface area contributed by atoms with E-state index in [0.29, 0.717) is 36.2 Å². The Balaban J connectivity index is 1.89. The Morgan fingerprint density at radius 1 is 1.23 bits per heavy atom. The minimum Gasteiger partial charge on any atom is -0.492 e. The molecule has 0 spiro atoms. The maximum absolute atomic E-state index is 14.6. The third-order valence-electron chi connectivity index (χ3n) is 5.51. The molecule has 2 aromatic heterocycles. The minimum atomic E-state index is -0.579. The molecule has 0 bridgehead atoms. The molecule has 31 heavy (non-hydrogen) atoms. The quantitative estimate of drug-likeness (QED) is 0.396. The zero-order chi connectivity index (χ0) is 22.3. The normalized spacial score (nSPS) is 14.4. The van der Waals surface area contributed by atoms with Gasteiger partial charge in [-0.1, -0.05) is 26.3 Å². The van der Waals surface area contributed by atoms with Crippen LogP contribution in [0.1, 0.15) is 57.3 Å². The van der Waals surface area contributed by atoms with Crippen molar-refractivity contribution in [3.05, 3.63) is 54.2 Å². The number of aromatic nitrogens is 3. The lowest BCUT2D eigenvalue weighted by Crippen LogP contribution is -2.49. The van der Waals surface area contributed by atoms with Crippen molar-refractivity contribution in [3.8, 4) is 0 Å². The van der Waals surface area contributed by atoms with E-state index in [4.69, 9.17) is 9.47 Å². The molecule has 7 nitrogen and oxygen atoms in total. The van der Waals surface area contributed by atoms with Crippen LogP contribution in [0.25, 0.3) is 5.76 Å². The number of carbonyl (C=O) groups excluding carboxylic acids is 1. The summed E-state index contributed by atoms with van der Waals surface area (Å²) < 4.78 is 25.4. The number of unbranched alkanes of at least 4 members (excludes halogenated alkanes) is 1. The molecular formula is C23H29FN4O3. The summed E-state index contributed by atoms with van der Waals surface area (Å²) in [6.45, 7) is 8.70. The van der Waals surface area contributed by atoms with Crippen LogP contribution >= 0.6 is 0 Å². The molecule has 1 aliphatic carbocycles. The summed E-state index contributed by atoms with van der Waals surface area (Å²) >= 11 is 0. The first-order valence-electron chi connectivity index (χ1n) is 10.7. The van der Waals surface area contributed by atoms with Gasteiger partial charge in [-0.05, 0) is 50.5 Å². The summed E-state index contributed by atoms with van der Waals surface area (Å²) in [4.78, 5) is 18.7. The van der Waals surface area contributed by atoms with Crippen molar-refractivity contribution in [2.24, 2.45) is 0 Å². The number of carbonyl (C=O) groups is 1. The highest BCUT2D eigenvalue weighted by atomic mass is 19.1. The number of ether oxygens (including phenoxy) is 2. The molecule has 3 rings (SSSR count). The first kappa shape index (κ1) is 22.7. The van der Waals surface area contributed by atoms with Crippen LogP contribution in [0.4, 0.5) is 15.0 Å². The second-order valence-electron chi connectivity index (χ2n) is 7.65. The van der Waals surface area contributed by atoms with Gasteiger partial charge in [0.15, 0.2) is 5.82 Å². The maximum Gasteiger partial charge on any atom is 0.415 e. The number of pyridine rings is 1. The summed E-state index contributed by atoms with van der Waals surface area (Å²) in [6, 6.07) is 6.34. The number of anilines is 1. The highest BCUT2D eigenvalue weighted by molar-refractivity contribution is 5.86. The van der Waals surface area contributed by atoms with Gasteiger partial charge in [0.2, 0.25) is 0 Å². The van der Waals surface area contributed by atoms with Crippen LogP contribution in [0.2, 0.25) is 0 Å². The Morgan fingerprint density at radius 2 is 2.03 bits per heavy atom. The lowest BCUT2D eigenvalue weighted by molar-refractivity contribution is 0.145. The molecule has 0 N–H and O–H groups in total. The number of hydrogen-bond acceptors (Lipinski definition) is 6. The number of rotatable bonds is 10. The molecule has 2 heterocycles. The Morgan fingerprint density at radius 3 is 2.61 bits per heavy atom. The van der Waals surface area contributed by atoms with Crippen LogP contribution in [0, 0.1) is 5.82 Å². The molecule has 1 amide bonds. The smallest absolute Gasteiger partial charge is 0.415 e. The molecule has 166 valence electrons. The first-order chi connectivity index (χ1) is 15.0. The average molecular weight is 429 g/mol. The molecule has 0 unspecified atom stereocenters. The number of halogens is 1. The van der Waals surface area contributed by atoms with Crippen LogP contribution in [-0.2, 0) is 14.9 Å².